The number of amides is 1. The van der Waals surface area contributed by atoms with Gasteiger partial charge in [0.15, 0.2) is 0 Å². The molecule has 1 atom stereocenters. The summed E-state index contributed by atoms with van der Waals surface area (Å²) in [6.07, 6.45) is 6.95. The zero-order valence-corrected chi connectivity index (χ0v) is 14.8. The number of carbonyl (C=O) groups is 1. The van der Waals surface area contributed by atoms with Gasteiger partial charge < -0.3 is 14.4 Å². The summed E-state index contributed by atoms with van der Waals surface area (Å²) in [5.74, 6) is 2.21. The van der Waals surface area contributed by atoms with Crippen LogP contribution >= 0.6 is 0 Å². The summed E-state index contributed by atoms with van der Waals surface area (Å²) in [7, 11) is 3.34. The van der Waals surface area contributed by atoms with Crippen LogP contribution in [0, 0.1) is 0 Å². The van der Waals surface area contributed by atoms with Crippen molar-refractivity contribution in [1.82, 2.24) is 15.1 Å². The molecular formula is C19H25N3O3. The third kappa shape index (κ3) is 4.13. The Labute approximate surface area is 148 Å². The Kier molecular flexibility index (Phi) is 5.58. The molecule has 3 rings (SSSR count). The molecule has 1 aliphatic heterocycles. The van der Waals surface area contributed by atoms with Crippen molar-refractivity contribution in [3.05, 3.63) is 41.7 Å². The summed E-state index contributed by atoms with van der Waals surface area (Å²) in [5, 5.41) is 6.73. The SMILES string of the molecule is COc1ccc(OC)c(C2CCN(C(=O)CCCc3cn[nH]c3)C2)c1. The van der Waals surface area contributed by atoms with Crippen LogP contribution in [0.25, 0.3) is 0 Å². The lowest BCUT2D eigenvalue weighted by Crippen LogP contribution is -2.28. The van der Waals surface area contributed by atoms with E-state index in [1.807, 2.05) is 35.5 Å². The Balaban J connectivity index is 1.56. The fourth-order valence-corrected chi connectivity index (χ4v) is 3.42. The van der Waals surface area contributed by atoms with Gasteiger partial charge in [-0.15, -0.1) is 0 Å². The van der Waals surface area contributed by atoms with E-state index in [0.717, 1.165) is 55.0 Å². The number of hydrogen-bond acceptors (Lipinski definition) is 4. The van der Waals surface area contributed by atoms with Crippen LogP contribution in [-0.4, -0.2) is 48.3 Å². The molecule has 1 amide bonds. The van der Waals surface area contributed by atoms with Gasteiger partial charge in [-0.1, -0.05) is 0 Å². The molecule has 25 heavy (non-hydrogen) atoms. The Morgan fingerprint density at radius 2 is 2.24 bits per heavy atom. The highest BCUT2D eigenvalue weighted by molar-refractivity contribution is 5.76. The maximum atomic E-state index is 12.5. The van der Waals surface area contributed by atoms with Gasteiger partial charge in [0.05, 0.1) is 20.4 Å². The van der Waals surface area contributed by atoms with Crippen LogP contribution in [-0.2, 0) is 11.2 Å². The largest absolute Gasteiger partial charge is 0.497 e. The number of H-pyrrole nitrogens is 1. The van der Waals surface area contributed by atoms with E-state index in [4.69, 9.17) is 9.47 Å². The van der Waals surface area contributed by atoms with E-state index in [9.17, 15) is 4.79 Å². The second-order valence-electron chi connectivity index (χ2n) is 6.39. The zero-order valence-electron chi connectivity index (χ0n) is 14.8. The van der Waals surface area contributed by atoms with E-state index in [2.05, 4.69) is 10.2 Å². The standard InChI is InChI=1S/C19H25N3O3/c1-24-16-6-7-18(25-2)17(10-16)15-8-9-22(13-15)19(23)5-3-4-14-11-20-21-12-14/h6-7,10-12,15H,3-5,8-9,13H2,1-2H3,(H,20,21). The molecule has 134 valence electrons. The molecule has 1 aliphatic rings. The van der Waals surface area contributed by atoms with Gasteiger partial charge in [0.1, 0.15) is 11.5 Å². The monoisotopic (exact) mass is 343 g/mol. The first-order valence-corrected chi connectivity index (χ1v) is 8.68. The number of aryl methyl sites for hydroxylation is 1. The number of methoxy groups -OCH3 is 2. The molecule has 2 aromatic rings. The predicted molar refractivity (Wildman–Crippen MR) is 95.0 cm³/mol. The summed E-state index contributed by atoms with van der Waals surface area (Å²) in [6.45, 7) is 1.55. The molecule has 0 aliphatic carbocycles. The first-order chi connectivity index (χ1) is 12.2. The summed E-state index contributed by atoms with van der Waals surface area (Å²) in [6, 6.07) is 5.86. The minimum atomic E-state index is 0.229. The highest BCUT2D eigenvalue weighted by atomic mass is 16.5. The zero-order chi connectivity index (χ0) is 17.6. The summed E-state index contributed by atoms with van der Waals surface area (Å²) >= 11 is 0. The fourth-order valence-electron chi connectivity index (χ4n) is 3.42. The minimum Gasteiger partial charge on any atom is -0.497 e. The van der Waals surface area contributed by atoms with E-state index in [0.29, 0.717) is 12.3 Å². The molecule has 1 aromatic heterocycles. The highest BCUT2D eigenvalue weighted by Gasteiger charge is 2.29. The summed E-state index contributed by atoms with van der Waals surface area (Å²) < 4.78 is 10.8. The Morgan fingerprint density at radius 1 is 1.36 bits per heavy atom. The van der Waals surface area contributed by atoms with Crippen LogP contribution in [0.15, 0.2) is 30.6 Å². The van der Waals surface area contributed by atoms with Gasteiger partial charge in [-0.3, -0.25) is 9.89 Å². The second-order valence-corrected chi connectivity index (χ2v) is 6.39. The Morgan fingerprint density at radius 3 is 2.96 bits per heavy atom. The molecule has 6 heteroatoms. The lowest BCUT2D eigenvalue weighted by Gasteiger charge is -2.18. The molecule has 1 N–H and O–H groups in total. The van der Waals surface area contributed by atoms with E-state index < -0.39 is 0 Å². The lowest BCUT2D eigenvalue weighted by atomic mass is 9.97. The number of nitrogens with zero attached hydrogens (tertiary/aromatic N) is 2. The Bertz CT molecular complexity index is 700. The smallest absolute Gasteiger partial charge is 0.222 e. The van der Waals surface area contributed by atoms with Crippen LogP contribution in [0.3, 0.4) is 0 Å². The molecule has 2 heterocycles. The van der Waals surface area contributed by atoms with Gasteiger partial charge in [-0.2, -0.15) is 5.10 Å². The van der Waals surface area contributed by atoms with Crippen LogP contribution in [0.2, 0.25) is 0 Å². The number of ether oxygens (including phenoxy) is 2. The normalized spacial score (nSPS) is 16.9. The third-order valence-electron chi connectivity index (χ3n) is 4.83. The van der Waals surface area contributed by atoms with Crippen molar-refractivity contribution in [2.24, 2.45) is 0 Å². The topological polar surface area (TPSA) is 67.5 Å². The van der Waals surface area contributed by atoms with Crippen molar-refractivity contribution < 1.29 is 14.3 Å². The average Bonchev–Trinajstić information content (AvgIpc) is 3.33. The molecular weight excluding hydrogens is 318 g/mol. The maximum Gasteiger partial charge on any atom is 0.222 e. The van der Waals surface area contributed by atoms with Crippen molar-refractivity contribution >= 4 is 5.91 Å². The molecule has 0 radical (unpaired) electrons. The van der Waals surface area contributed by atoms with Crippen molar-refractivity contribution in [1.29, 1.82) is 0 Å². The van der Waals surface area contributed by atoms with E-state index in [1.54, 1.807) is 14.2 Å². The number of carbonyl (C=O) groups excluding carboxylic acids is 1. The van der Waals surface area contributed by atoms with Crippen molar-refractivity contribution in [2.45, 2.75) is 31.6 Å². The van der Waals surface area contributed by atoms with E-state index in [-0.39, 0.29) is 5.91 Å². The van der Waals surface area contributed by atoms with Gasteiger partial charge in [0.25, 0.3) is 0 Å². The van der Waals surface area contributed by atoms with Crippen LogP contribution in [0.4, 0.5) is 0 Å². The Hall–Kier alpha value is -2.50. The number of likely N-dealkylation sites (tertiary alicyclic amines) is 1. The lowest BCUT2D eigenvalue weighted by molar-refractivity contribution is -0.130. The first kappa shape index (κ1) is 17.3. The van der Waals surface area contributed by atoms with Crippen LogP contribution < -0.4 is 9.47 Å². The number of aromatic nitrogens is 2. The molecule has 1 aromatic carbocycles. The average molecular weight is 343 g/mol. The minimum absolute atomic E-state index is 0.229. The number of nitrogens with one attached hydrogen (secondary N) is 1. The molecule has 6 nitrogen and oxygen atoms in total. The molecule has 0 spiro atoms. The molecule has 1 saturated heterocycles. The molecule has 0 bridgehead atoms. The van der Waals surface area contributed by atoms with E-state index in [1.165, 1.54) is 0 Å². The predicted octanol–water partition coefficient (Wildman–Crippen LogP) is 2.77. The number of aromatic amines is 1. The van der Waals surface area contributed by atoms with Crippen LogP contribution in [0.1, 0.15) is 36.3 Å². The highest BCUT2D eigenvalue weighted by Crippen LogP contribution is 2.36. The van der Waals surface area contributed by atoms with Gasteiger partial charge in [-0.25, -0.2) is 0 Å². The second kappa shape index (κ2) is 8.05. The van der Waals surface area contributed by atoms with Crippen molar-refractivity contribution in [3.63, 3.8) is 0 Å². The summed E-state index contributed by atoms with van der Waals surface area (Å²) in [5.41, 5.74) is 2.27. The van der Waals surface area contributed by atoms with Crippen molar-refractivity contribution in [3.8, 4) is 11.5 Å². The van der Waals surface area contributed by atoms with Crippen LogP contribution in [0.5, 0.6) is 11.5 Å². The first-order valence-electron chi connectivity index (χ1n) is 8.68. The van der Waals surface area contributed by atoms with Crippen molar-refractivity contribution in [2.75, 3.05) is 27.3 Å². The quantitative estimate of drug-likeness (QED) is 0.839. The number of hydrogen-bond donors (Lipinski definition) is 1. The molecule has 1 fully saturated rings. The maximum absolute atomic E-state index is 12.5. The number of benzene rings is 1. The molecule has 0 saturated carbocycles. The fraction of sp³-hybridized carbons (Fsp3) is 0.474. The summed E-state index contributed by atoms with van der Waals surface area (Å²) in [4.78, 5) is 14.4. The van der Waals surface area contributed by atoms with Gasteiger partial charge in [-0.05, 0) is 43.0 Å². The number of rotatable bonds is 7. The van der Waals surface area contributed by atoms with Gasteiger partial charge in [0.2, 0.25) is 5.91 Å². The third-order valence-corrected chi connectivity index (χ3v) is 4.83. The van der Waals surface area contributed by atoms with E-state index >= 15 is 0 Å². The molecule has 1 unspecified atom stereocenters. The van der Waals surface area contributed by atoms with Gasteiger partial charge in [0, 0.05) is 37.2 Å². The van der Waals surface area contributed by atoms with Gasteiger partial charge >= 0.3 is 0 Å².